The van der Waals surface area contributed by atoms with E-state index in [9.17, 15) is 8.78 Å². The molecule has 2 N–H and O–H groups in total. The molecule has 0 aliphatic heterocycles. The van der Waals surface area contributed by atoms with Gasteiger partial charge in [-0.25, -0.2) is 8.78 Å². The molecule has 0 amide bonds. The Hall–Kier alpha value is -1.94. The monoisotopic (exact) mass is 289 g/mol. The molecule has 4 heteroatoms. The summed E-state index contributed by atoms with van der Waals surface area (Å²) in [5.41, 5.74) is 9.74. The van der Waals surface area contributed by atoms with Crippen molar-refractivity contribution in [1.29, 1.82) is 0 Å². The molecular formula is C17H17F2NO. The lowest BCUT2D eigenvalue weighted by molar-refractivity contribution is 0.414. The lowest BCUT2D eigenvalue weighted by Crippen LogP contribution is -2.16. The Morgan fingerprint density at radius 3 is 2.38 bits per heavy atom. The van der Waals surface area contributed by atoms with Gasteiger partial charge >= 0.3 is 0 Å². The highest BCUT2D eigenvalue weighted by Crippen LogP contribution is 2.36. The number of rotatable bonds is 2. The normalized spacial score (nSPS) is 16.9. The molecule has 0 spiro atoms. The molecule has 1 aliphatic rings. The molecule has 2 aromatic carbocycles. The minimum atomic E-state index is -0.816. The van der Waals surface area contributed by atoms with Crippen LogP contribution < -0.4 is 10.5 Å². The van der Waals surface area contributed by atoms with Gasteiger partial charge in [0.25, 0.3) is 0 Å². The number of hydrogen-bond acceptors (Lipinski definition) is 2. The maximum atomic E-state index is 13.6. The second kappa shape index (κ2) is 5.45. The van der Waals surface area contributed by atoms with Gasteiger partial charge in [0.15, 0.2) is 11.6 Å². The summed E-state index contributed by atoms with van der Waals surface area (Å²) in [5, 5.41) is 0. The molecule has 1 unspecified atom stereocenters. The number of fused-ring (bicyclic) bond motifs is 2. The SMILES string of the molecule is COc1ccc2c(c1)CCc1cc(F)c(F)cc1C2CN. The van der Waals surface area contributed by atoms with Gasteiger partial charge in [-0.15, -0.1) is 0 Å². The molecular weight excluding hydrogens is 272 g/mol. The maximum Gasteiger partial charge on any atom is 0.159 e. The van der Waals surface area contributed by atoms with E-state index in [-0.39, 0.29) is 5.92 Å². The first-order valence-electron chi connectivity index (χ1n) is 6.98. The molecule has 0 fully saturated rings. The third-order valence-electron chi connectivity index (χ3n) is 4.18. The van der Waals surface area contributed by atoms with Gasteiger partial charge in [-0.1, -0.05) is 6.07 Å². The fourth-order valence-electron chi connectivity index (χ4n) is 3.10. The second-order valence-electron chi connectivity index (χ2n) is 5.32. The van der Waals surface area contributed by atoms with E-state index in [1.165, 1.54) is 12.1 Å². The van der Waals surface area contributed by atoms with Gasteiger partial charge in [-0.2, -0.15) is 0 Å². The number of ether oxygens (including phenoxy) is 1. The first-order chi connectivity index (χ1) is 10.1. The number of halogens is 2. The second-order valence-corrected chi connectivity index (χ2v) is 5.32. The molecule has 0 aromatic heterocycles. The average molecular weight is 289 g/mol. The van der Waals surface area contributed by atoms with Crippen LogP contribution in [0.4, 0.5) is 8.78 Å². The fourth-order valence-corrected chi connectivity index (χ4v) is 3.10. The number of benzene rings is 2. The molecule has 2 aromatic rings. The van der Waals surface area contributed by atoms with Crippen molar-refractivity contribution in [1.82, 2.24) is 0 Å². The summed E-state index contributed by atoms with van der Waals surface area (Å²) >= 11 is 0. The topological polar surface area (TPSA) is 35.2 Å². The average Bonchev–Trinajstić information content (AvgIpc) is 2.64. The first-order valence-corrected chi connectivity index (χ1v) is 6.98. The van der Waals surface area contributed by atoms with Crippen LogP contribution in [-0.2, 0) is 12.8 Å². The zero-order chi connectivity index (χ0) is 15.0. The molecule has 1 aliphatic carbocycles. The third-order valence-corrected chi connectivity index (χ3v) is 4.18. The quantitative estimate of drug-likeness (QED) is 0.921. The van der Waals surface area contributed by atoms with Gasteiger partial charge in [-0.3, -0.25) is 0 Å². The van der Waals surface area contributed by atoms with Crippen molar-refractivity contribution in [3.8, 4) is 5.75 Å². The zero-order valence-electron chi connectivity index (χ0n) is 11.8. The first kappa shape index (κ1) is 14.0. The molecule has 3 rings (SSSR count). The molecule has 0 saturated carbocycles. The van der Waals surface area contributed by atoms with Gasteiger partial charge in [0.05, 0.1) is 7.11 Å². The predicted octanol–water partition coefficient (Wildman–Crippen LogP) is 3.16. The van der Waals surface area contributed by atoms with Crippen LogP contribution in [0, 0.1) is 11.6 Å². The minimum absolute atomic E-state index is 0.112. The fraction of sp³-hybridized carbons (Fsp3) is 0.294. The highest BCUT2D eigenvalue weighted by molar-refractivity contribution is 5.48. The highest BCUT2D eigenvalue weighted by atomic mass is 19.2. The van der Waals surface area contributed by atoms with E-state index in [1.807, 2.05) is 18.2 Å². The number of nitrogens with two attached hydrogens (primary N) is 1. The van der Waals surface area contributed by atoms with Crippen molar-refractivity contribution in [3.05, 3.63) is 64.2 Å². The minimum Gasteiger partial charge on any atom is -0.497 e. The molecule has 21 heavy (non-hydrogen) atoms. The van der Waals surface area contributed by atoms with Crippen LogP contribution in [-0.4, -0.2) is 13.7 Å². The van der Waals surface area contributed by atoms with Crippen LogP contribution in [0.25, 0.3) is 0 Å². The summed E-state index contributed by atoms with van der Waals surface area (Å²) in [7, 11) is 1.62. The van der Waals surface area contributed by atoms with E-state index in [1.54, 1.807) is 7.11 Å². The van der Waals surface area contributed by atoms with Crippen molar-refractivity contribution >= 4 is 0 Å². The van der Waals surface area contributed by atoms with E-state index in [2.05, 4.69) is 0 Å². The Balaban J connectivity index is 2.16. The van der Waals surface area contributed by atoms with E-state index in [4.69, 9.17) is 10.5 Å². The molecule has 110 valence electrons. The molecule has 2 nitrogen and oxygen atoms in total. The Morgan fingerprint density at radius 2 is 1.71 bits per heavy atom. The predicted molar refractivity (Wildman–Crippen MR) is 77.7 cm³/mol. The number of aryl methyl sites for hydroxylation is 2. The van der Waals surface area contributed by atoms with Crippen molar-refractivity contribution in [2.75, 3.05) is 13.7 Å². The molecule has 0 radical (unpaired) electrons. The smallest absolute Gasteiger partial charge is 0.159 e. The lowest BCUT2D eigenvalue weighted by Gasteiger charge is -2.19. The van der Waals surface area contributed by atoms with Crippen LogP contribution in [0.2, 0.25) is 0 Å². The summed E-state index contributed by atoms with van der Waals surface area (Å²) in [6.07, 6.45) is 1.43. The molecule has 0 bridgehead atoms. The van der Waals surface area contributed by atoms with E-state index < -0.39 is 11.6 Å². The maximum absolute atomic E-state index is 13.6. The van der Waals surface area contributed by atoms with Gasteiger partial charge in [0.1, 0.15) is 5.75 Å². The van der Waals surface area contributed by atoms with Crippen LogP contribution in [0.15, 0.2) is 30.3 Å². The summed E-state index contributed by atoms with van der Waals surface area (Å²) in [6.45, 7) is 0.359. The van der Waals surface area contributed by atoms with Crippen molar-refractivity contribution in [3.63, 3.8) is 0 Å². The van der Waals surface area contributed by atoms with Crippen molar-refractivity contribution in [2.24, 2.45) is 5.73 Å². The van der Waals surface area contributed by atoms with Gasteiger partial charge in [-0.05, 0) is 59.4 Å². The highest BCUT2D eigenvalue weighted by Gasteiger charge is 2.24. The molecule has 1 atom stereocenters. The van der Waals surface area contributed by atoms with Crippen LogP contribution in [0.1, 0.15) is 28.2 Å². The van der Waals surface area contributed by atoms with E-state index >= 15 is 0 Å². The van der Waals surface area contributed by atoms with Crippen molar-refractivity contribution < 1.29 is 13.5 Å². The zero-order valence-corrected chi connectivity index (χ0v) is 11.8. The lowest BCUT2D eigenvalue weighted by atomic mass is 9.88. The van der Waals surface area contributed by atoms with Crippen LogP contribution >= 0.6 is 0 Å². The van der Waals surface area contributed by atoms with E-state index in [0.29, 0.717) is 13.0 Å². The number of hydrogen-bond donors (Lipinski definition) is 1. The number of methoxy groups -OCH3 is 1. The van der Waals surface area contributed by atoms with Gasteiger partial charge in [0, 0.05) is 12.5 Å². The summed E-state index contributed by atoms with van der Waals surface area (Å²) in [6, 6.07) is 8.43. The van der Waals surface area contributed by atoms with Crippen molar-refractivity contribution in [2.45, 2.75) is 18.8 Å². The Bertz CT molecular complexity index is 685. The summed E-state index contributed by atoms with van der Waals surface area (Å²) in [5.74, 6) is -0.941. The Morgan fingerprint density at radius 1 is 1.05 bits per heavy atom. The standard InChI is InChI=1S/C17H17F2NO/c1-21-12-4-5-13-10(6-12)2-3-11-7-16(18)17(19)8-14(11)15(13)9-20/h4-8,15H,2-3,9,20H2,1H3. The summed E-state index contributed by atoms with van der Waals surface area (Å²) in [4.78, 5) is 0. The largest absolute Gasteiger partial charge is 0.497 e. The molecule has 0 heterocycles. The van der Waals surface area contributed by atoms with Gasteiger partial charge < -0.3 is 10.5 Å². The van der Waals surface area contributed by atoms with Crippen LogP contribution in [0.5, 0.6) is 5.75 Å². The van der Waals surface area contributed by atoms with Crippen LogP contribution in [0.3, 0.4) is 0 Å². The van der Waals surface area contributed by atoms with E-state index in [0.717, 1.165) is 34.4 Å². The molecule has 0 saturated heterocycles. The Labute approximate surface area is 122 Å². The summed E-state index contributed by atoms with van der Waals surface area (Å²) < 4.78 is 32.4. The van der Waals surface area contributed by atoms with Gasteiger partial charge in [0.2, 0.25) is 0 Å². The Kier molecular flexibility index (Phi) is 3.64. The third kappa shape index (κ3) is 2.40.